The van der Waals surface area contributed by atoms with Gasteiger partial charge in [-0.3, -0.25) is 14.5 Å². The fourth-order valence-corrected chi connectivity index (χ4v) is 3.05. The Kier molecular flexibility index (Phi) is 7.51. The molecule has 0 unspecified atom stereocenters. The van der Waals surface area contributed by atoms with Crippen LogP contribution in [0.15, 0.2) is 24.3 Å². The fraction of sp³-hybridized carbons (Fsp3) is 0.438. The lowest BCUT2D eigenvalue weighted by Crippen LogP contribution is -2.34. The van der Waals surface area contributed by atoms with Crippen LogP contribution in [0.4, 0.5) is 0 Å². The van der Waals surface area contributed by atoms with E-state index >= 15 is 0 Å². The molecule has 3 N–H and O–H groups in total. The Balaban J connectivity index is 1.94. The van der Waals surface area contributed by atoms with Crippen molar-refractivity contribution in [1.82, 2.24) is 24.8 Å². The van der Waals surface area contributed by atoms with Crippen LogP contribution in [0, 0.1) is 4.77 Å². The zero-order valence-electron chi connectivity index (χ0n) is 15.2. The van der Waals surface area contributed by atoms with E-state index in [0.717, 1.165) is 17.6 Å². The van der Waals surface area contributed by atoms with Gasteiger partial charge in [-0.25, -0.2) is 13.1 Å². The van der Waals surface area contributed by atoms with E-state index in [-0.39, 0.29) is 25.4 Å². The van der Waals surface area contributed by atoms with Gasteiger partial charge in [0.2, 0.25) is 15.9 Å². The maximum absolute atomic E-state index is 12.0. The number of H-pyrrole nitrogens is 1. The first-order valence-electron chi connectivity index (χ1n) is 8.40. The summed E-state index contributed by atoms with van der Waals surface area (Å²) in [6.45, 7) is 3.22. The van der Waals surface area contributed by atoms with E-state index in [4.69, 9.17) is 17.0 Å². The van der Waals surface area contributed by atoms with E-state index in [1.807, 2.05) is 31.2 Å². The van der Waals surface area contributed by atoms with Gasteiger partial charge in [-0.15, -0.1) is 0 Å². The standard InChI is InChI=1S/C16H23N5O4S2/c1-3-25-13-6-4-12(5-7-13)15-19-20-16(26)21(15)11-8-14(22)17-9-10-18-27(2,23)24/h4-7,18H,3,8-11H2,1-2H3,(H,17,22)(H,20,26). The highest BCUT2D eigenvalue weighted by Gasteiger charge is 2.11. The number of amides is 1. The lowest BCUT2D eigenvalue weighted by molar-refractivity contribution is -0.121. The van der Waals surface area contributed by atoms with Gasteiger partial charge in [-0.2, -0.15) is 5.10 Å². The maximum Gasteiger partial charge on any atom is 0.221 e. The Labute approximate surface area is 163 Å². The summed E-state index contributed by atoms with van der Waals surface area (Å²) in [7, 11) is -3.26. The van der Waals surface area contributed by atoms with Crippen molar-refractivity contribution in [2.24, 2.45) is 0 Å². The minimum atomic E-state index is -3.26. The lowest BCUT2D eigenvalue weighted by Gasteiger charge is -2.09. The van der Waals surface area contributed by atoms with Crippen LogP contribution >= 0.6 is 12.2 Å². The van der Waals surface area contributed by atoms with Gasteiger partial charge in [-0.05, 0) is 43.4 Å². The largest absolute Gasteiger partial charge is 0.494 e. The molecule has 2 rings (SSSR count). The predicted octanol–water partition coefficient (Wildman–Crippen LogP) is 1.06. The summed E-state index contributed by atoms with van der Waals surface area (Å²) < 4.78 is 31.8. The van der Waals surface area contributed by atoms with Crippen molar-refractivity contribution in [2.45, 2.75) is 19.9 Å². The first-order valence-corrected chi connectivity index (χ1v) is 10.7. The average molecular weight is 414 g/mol. The van der Waals surface area contributed by atoms with Crippen LogP contribution in [0.25, 0.3) is 11.4 Å². The molecule has 148 valence electrons. The number of sulfonamides is 1. The van der Waals surface area contributed by atoms with Crippen LogP contribution < -0.4 is 14.8 Å². The predicted molar refractivity (Wildman–Crippen MR) is 104 cm³/mol. The molecule has 1 amide bonds. The van der Waals surface area contributed by atoms with Crippen molar-refractivity contribution in [3.8, 4) is 17.1 Å². The molecular weight excluding hydrogens is 390 g/mol. The van der Waals surface area contributed by atoms with Crippen LogP contribution in [0.5, 0.6) is 5.75 Å². The van der Waals surface area contributed by atoms with Crippen molar-refractivity contribution in [1.29, 1.82) is 0 Å². The molecule has 11 heteroatoms. The third-order valence-corrected chi connectivity index (χ3v) is 4.60. The first-order chi connectivity index (χ1) is 12.8. The molecule has 0 atom stereocenters. The molecule has 0 saturated heterocycles. The summed E-state index contributed by atoms with van der Waals surface area (Å²) in [5.74, 6) is 1.20. The number of ether oxygens (including phenoxy) is 1. The highest BCUT2D eigenvalue weighted by Crippen LogP contribution is 2.21. The molecule has 2 aromatic rings. The summed E-state index contributed by atoms with van der Waals surface area (Å²) >= 11 is 5.25. The van der Waals surface area contributed by atoms with Crippen molar-refractivity contribution in [3.05, 3.63) is 29.0 Å². The maximum atomic E-state index is 12.0. The number of aromatic amines is 1. The topological polar surface area (TPSA) is 118 Å². The zero-order chi connectivity index (χ0) is 19.9. The van der Waals surface area contributed by atoms with Crippen molar-refractivity contribution in [3.63, 3.8) is 0 Å². The van der Waals surface area contributed by atoms with E-state index in [1.165, 1.54) is 0 Å². The number of carbonyl (C=O) groups is 1. The number of nitrogens with one attached hydrogen (secondary N) is 3. The molecule has 0 saturated carbocycles. The van der Waals surface area contributed by atoms with Crippen molar-refractivity contribution >= 4 is 28.1 Å². The quantitative estimate of drug-likeness (QED) is 0.396. The zero-order valence-corrected chi connectivity index (χ0v) is 16.8. The van der Waals surface area contributed by atoms with Gasteiger partial charge >= 0.3 is 0 Å². The lowest BCUT2D eigenvalue weighted by atomic mass is 10.2. The fourth-order valence-electron chi connectivity index (χ4n) is 2.35. The number of carbonyl (C=O) groups excluding carboxylic acids is 1. The molecule has 0 aliphatic carbocycles. The summed E-state index contributed by atoms with van der Waals surface area (Å²) in [4.78, 5) is 12.0. The second kappa shape index (κ2) is 9.62. The minimum Gasteiger partial charge on any atom is -0.494 e. The molecule has 9 nitrogen and oxygen atoms in total. The van der Waals surface area contributed by atoms with Gasteiger partial charge in [0.25, 0.3) is 0 Å². The average Bonchev–Trinajstić information content (AvgIpc) is 2.98. The van der Waals surface area contributed by atoms with Gasteiger partial charge in [0.1, 0.15) is 5.75 Å². The Morgan fingerprint density at radius 3 is 2.63 bits per heavy atom. The molecule has 0 fully saturated rings. The first kappa shape index (κ1) is 21.1. The van der Waals surface area contributed by atoms with E-state index in [9.17, 15) is 13.2 Å². The number of hydrogen-bond donors (Lipinski definition) is 3. The second-order valence-electron chi connectivity index (χ2n) is 5.73. The molecular formula is C16H23N5O4S2. The Hall–Kier alpha value is -2.24. The molecule has 1 aromatic carbocycles. The Morgan fingerprint density at radius 1 is 1.30 bits per heavy atom. The monoisotopic (exact) mass is 413 g/mol. The van der Waals surface area contributed by atoms with Gasteiger partial charge in [0, 0.05) is 31.6 Å². The summed E-state index contributed by atoms with van der Waals surface area (Å²) in [6.07, 6.45) is 1.26. The number of aromatic nitrogens is 3. The number of nitrogens with zero attached hydrogens (tertiary/aromatic N) is 2. The van der Waals surface area contributed by atoms with Crippen molar-refractivity contribution < 1.29 is 17.9 Å². The molecule has 0 aliphatic heterocycles. The van der Waals surface area contributed by atoms with Gasteiger partial charge in [-0.1, -0.05) is 0 Å². The van der Waals surface area contributed by atoms with E-state index in [2.05, 4.69) is 20.2 Å². The molecule has 0 bridgehead atoms. The second-order valence-corrected chi connectivity index (χ2v) is 7.95. The van der Waals surface area contributed by atoms with E-state index in [0.29, 0.717) is 23.7 Å². The van der Waals surface area contributed by atoms with Crippen LogP contribution in [0.1, 0.15) is 13.3 Å². The third-order valence-electron chi connectivity index (χ3n) is 3.56. The summed E-state index contributed by atoms with van der Waals surface area (Å²) in [6, 6.07) is 7.46. The van der Waals surface area contributed by atoms with E-state index < -0.39 is 10.0 Å². The Bertz CT molecular complexity index is 919. The van der Waals surface area contributed by atoms with Crippen LogP contribution in [-0.2, 0) is 21.4 Å². The normalized spacial score (nSPS) is 11.3. The van der Waals surface area contributed by atoms with Gasteiger partial charge in [0.15, 0.2) is 10.6 Å². The summed E-state index contributed by atoms with van der Waals surface area (Å²) in [5.41, 5.74) is 0.851. The van der Waals surface area contributed by atoms with Crippen molar-refractivity contribution in [2.75, 3.05) is 26.0 Å². The SMILES string of the molecule is CCOc1ccc(-c2n[nH]c(=S)n2CCC(=O)NCCNS(C)(=O)=O)cc1. The van der Waals surface area contributed by atoms with E-state index in [1.54, 1.807) is 4.57 Å². The molecule has 0 spiro atoms. The van der Waals surface area contributed by atoms with Crippen LogP contribution in [0.3, 0.4) is 0 Å². The summed E-state index contributed by atoms with van der Waals surface area (Å²) in [5, 5.41) is 9.64. The molecule has 27 heavy (non-hydrogen) atoms. The smallest absolute Gasteiger partial charge is 0.221 e. The van der Waals surface area contributed by atoms with Crippen LogP contribution in [-0.4, -0.2) is 55.0 Å². The Morgan fingerprint density at radius 2 is 2.00 bits per heavy atom. The van der Waals surface area contributed by atoms with Gasteiger partial charge in [0.05, 0.1) is 12.9 Å². The molecule has 0 aliphatic rings. The molecule has 0 radical (unpaired) electrons. The number of rotatable bonds is 10. The van der Waals surface area contributed by atoms with Gasteiger partial charge < -0.3 is 10.1 Å². The highest BCUT2D eigenvalue weighted by atomic mass is 32.2. The molecule has 1 aromatic heterocycles. The highest BCUT2D eigenvalue weighted by molar-refractivity contribution is 7.88. The van der Waals surface area contributed by atoms with Crippen LogP contribution in [0.2, 0.25) is 0 Å². The molecule has 1 heterocycles. The number of hydrogen-bond acceptors (Lipinski definition) is 6. The number of benzene rings is 1. The minimum absolute atomic E-state index is 0.146. The third kappa shape index (κ3) is 6.77.